The third kappa shape index (κ3) is 1.80. The highest BCUT2D eigenvalue weighted by molar-refractivity contribution is 5.04. The molecule has 0 bridgehead atoms. The molecule has 0 aliphatic carbocycles. The fourth-order valence-corrected chi connectivity index (χ4v) is 0.915. The first-order chi connectivity index (χ1) is 5.11. The predicted molar refractivity (Wildman–Crippen MR) is 43.3 cm³/mol. The van der Waals surface area contributed by atoms with Crippen LogP contribution >= 0.6 is 0 Å². The molecule has 0 amide bonds. The van der Waals surface area contributed by atoms with E-state index in [9.17, 15) is 5.11 Å². The Morgan fingerprint density at radius 1 is 1.55 bits per heavy atom. The molecule has 1 aromatic rings. The van der Waals surface area contributed by atoms with Crippen LogP contribution in [0.1, 0.15) is 25.5 Å². The molecule has 0 radical (unpaired) electrons. The van der Waals surface area contributed by atoms with E-state index in [4.69, 9.17) is 0 Å². The van der Waals surface area contributed by atoms with Crippen LogP contribution in [0.5, 0.6) is 0 Å². The van der Waals surface area contributed by atoms with E-state index < -0.39 is 0 Å². The smallest absolute Gasteiger partial charge is 0.0946 e. The largest absolute Gasteiger partial charge is 0.393 e. The summed E-state index contributed by atoms with van der Waals surface area (Å²) < 4.78 is 1.88. The number of aliphatic hydroxyl groups is 1. The Labute approximate surface area is 66.7 Å². The molecule has 3 heteroatoms. The SMILES string of the molecule is CC(O)C(C)c1cn(C)cn1. The summed E-state index contributed by atoms with van der Waals surface area (Å²) >= 11 is 0. The number of aryl methyl sites for hydroxylation is 1. The third-order valence-corrected chi connectivity index (χ3v) is 1.91. The average Bonchev–Trinajstić information content (AvgIpc) is 2.34. The van der Waals surface area contributed by atoms with Gasteiger partial charge in [0.25, 0.3) is 0 Å². The molecule has 2 unspecified atom stereocenters. The Hall–Kier alpha value is -0.830. The molecule has 11 heavy (non-hydrogen) atoms. The van der Waals surface area contributed by atoms with Gasteiger partial charge in [0.15, 0.2) is 0 Å². The Morgan fingerprint density at radius 2 is 2.18 bits per heavy atom. The first-order valence-corrected chi connectivity index (χ1v) is 3.77. The van der Waals surface area contributed by atoms with Crippen molar-refractivity contribution in [3.05, 3.63) is 18.2 Å². The van der Waals surface area contributed by atoms with Crippen LogP contribution in [0.3, 0.4) is 0 Å². The van der Waals surface area contributed by atoms with Crippen LogP contribution in [0.2, 0.25) is 0 Å². The zero-order chi connectivity index (χ0) is 8.43. The number of aromatic nitrogens is 2. The molecule has 0 aromatic carbocycles. The second-order valence-electron chi connectivity index (χ2n) is 2.99. The van der Waals surface area contributed by atoms with Gasteiger partial charge in [0, 0.05) is 19.2 Å². The number of imidazole rings is 1. The van der Waals surface area contributed by atoms with E-state index in [1.807, 2.05) is 24.7 Å². The molecule has 1 N–H and O–H groups in total. The summed E-state index contributed by atoms with van der Waals surface area (Å²) in [5.74, 6) is 0.121. The van der Waals surface area contributed by atoms with E-state index >= 15 is 0 Å². The molecule has 1 heterocycles. The summed E-state index contributed by atoms with van der Waals surface area (Å²) in [6.07, 6.45) is 3.34. The summed E-state index contributed by atoms with van der Waals surface area (Å²) in [6.45, 7) is 3.74. The summed E-state index contributed by atoms with van der Waals surface area (Å²) in [5.41, 5.74) is 0.947. The number of hydrogen-bond donors (Lipinski definition) is 1. The zero-order valence-corrected chi connectivity index (χ0v) is 7.15. The van der Waals surface area contributed by atoms with Crippen molar-refractivity contribution in [1.82, 2.24) is 9.55 Å². The molecular formula is C8H14N2O. The van der Waals surface area contributed by atoms with Gasteiger partial charge in [-0.3, -0.25) is 0 Å². The van der Waals surface area contributed by atoms with Crippen LogP contribution in [0.15, 0.2) is 12.5 Å². The van der Waals surface area contributed by atoms with Crippen LogP contribution in [0.4, 0.5) is 0 Å². The number of nitrogens with zero attached hydrogens (tertiary/aromatic N) is 2. The molecule has 0 saturated carbocycles. The van der Waals surface area contributed by atoms with Crippen molar-refractivity contribution in [3.63, 3.8) is 0 Å². The second-order valence-corrected chi connectivity index (χ2v) is 2.99. The van der Waals surface area contributed by atoms with Gasteiger partial charge in [-0.15, -0.1) is 0 Å². The molecular weight excluding hydrogens is 140 g/mol. The van der Waals surface area contributed by atoms with E-state index in [-0.39, 0.29) is 12.0 Å². The Morgan fingerprint density at radius 3 is 2.55 bits per heavy atom. The zero-order valence-electron chi connectivity index (χ0n) is 7.15. The average molecular weight is 154 g/mol. The normalized spacial score (nSPS) is 16.4. The van der Waals surface area contributed by atoms with E-state index in [1.54, 1.807) is 13.3 Å². The van der Waals surface area contributed by atoms with E-state index in [2.05, 4.69) is 4.98 Å². The highest BCUT2D eigenvalue weighted by Crippen LogP contribution is 2.15. The lowest BCUT2D eigenvalue weighted by Crippen LogP contribution is -2.11. The van der Waals surface area contributed by atoms with Crippen molar-refractivity contribution in [2.45, 2.75) is 25.9 Å². The van der Waals surface area contributed by atoms with E-state index in [0.717, 1.165) is 5.69 Å². The maximum absolute atomic E-state index is 9.23. The van der Waals surface area contributed by atoms with Crippen molar-refractivity contribution in [1.29, 1.82) is 0 Å². The van der Waals surface area contributed by atoms with Gasteiger partial charge >= 0.3 is 0 Å². The quantitative estimate of drug-likeness (QED) is 0.687. The molecule has 1 aromatic heterocycles. The lowest BCUT2D eigenvalue weighted by molar-refractivity contribution is 0.167. The monoisotopic (exact) mass is 154 g/mol. The molecule has 0 aliphatic heterocycles. The van der Waals surface area contributed by atoms with Gasteiger partial charge in [0.2, 0.25) is 0 Å². The molecule has 1 rings (SSSR count). The van der Waals surface area contributed by atoms with Gasteiger partial charge in [-0.2, -0.15) is 0 Å². The lowest BCUT2D eigenvalue weighted by Gasteiger charge is -2.10. The Kier molecular flexibility index (Phi) is 2.29. The minimum Gasteiger partial charge on any atom is -0.393 e. The number of hydrogen-bond acceptors (Lipinski definition) is 2. The van der Waals surface area contributed by atoms with Crippen LogP contribution in [-0.4, -0.2) is 20.8 Å². The van der Waals surface area contributed by atoms with Crippen molar-refractivity contribution in [2.24, 2.45) is 7.05 Å². The molecule has 0 spiro atoms. The van der Waals surface area contributed by atoms with Crippen molar-refractivity contribution in [2.75, 3.05) is 0 Å². The van der Waals surface area contributed by atoms with E-state index in [1.165, 1.54) is 0 Å². The van der Waals surface area contributed by atoms with Crippen LogP contribution < -0.4 is 0 Å². The first kappa shape index (κ1) is 8.27. The number of aliphatic hydroxyl groups excluding tert-OH is 1. The third-order valence-electron chi connectivity index (χ3n) is 1.91. The first-order valence-electron chi connectivity index (χ1n) is 3.77. The van der Waals surface area contributed by atoms with Gasteiger partial charge in [-0.1, -0.05) is 6.92 Å². The van der Waals surface area contributed by atoms with E-state index in [0.29, 0.717) is 0 Å². The standard InChI is InChI=1S/C8H14N2O/c1-6(7(2)11)8-4-10(3)5-9-8/h4-7,11H,1-3H3. The van der Waals surface area contributed by atoms with Crippen LogP contribution in [0.25, 0.3) is 0 Å². The highest BCUT2D eigenvalue weighted by Gasteiger charge is 2.12. The summed E-state index contributed by atoms with van der Waals surface area (Å²) in [5, 5.41) is 9.23. The van der Waals surface area contributed by atoms with Crippen molar-refractivity contribution >= 4 is 0 Å². The maximum atomic E-state index is 9.23. The minimum absolute atomic E-state index is 0.121. The fraction of sp³-hybridized carbons (Fsp3) is 0.625. The highest BCUT2D eigenvalue weighted by atomic mass is 16.3. The molecule has 2 atom stereocenters. The summed E-state index contributed by atoms with van der Waals surface area (Å²) in [4.78, 5) is 4.14. The van der Waals surface area contributed by atoms with Crippen LogP contribution in [-0.2, 0) is 7.05 Å². The fourth-order valence-electron chi connectivity index (χ4n) is 0.915. The van der Waals surface area contributed by atoms with Gasteiger partial charge < -0.3 is 9.67 Å². The van der Waals surface area contributed by atoms with Gasteiger partial charge in [0.05, 0.1) is 18.1 Å². The van der Waals surface area contributed by atoms with Gasteiger partial charge in [-0.05, 0) is 6.92 Å². The summed E-state index contributed by atoms with van der Waals surface area (Å²) in [6, 6.07) is 0. The maximum Gasteiger partial charge on any atom is 0.0946 e. The van der Waals surface area contributed by atoms with Crippen molar-refractivity contribution < 1.29 is 5.11 Å². The molecule has 0 fully saturated rings. The predicted octanol–water partition coefficient (Wildman–Crippen LogP) is 0.904. The molecule has 3 nitrogen and oxygen atoms in total. The molecule has 0 aliphatic rings. The lowest BCUT2D eigenvalue weighted by atomic mass is 10.0. The molecule has 0 saturated heterocycles. The molecule has 62 valence electrons. The second kappa shape index (κ2) is 3.05. The Balaban J connectivity index is 2.76. The van der Waals surface area contributed by atoms with Crippen LogP contribution in [0, 0.1) is 0 Å². The summed E-state index contributed by atoms with van der Waals surface area (Å²) in [7, 11) is 1.92. The number of rotatable bonds is 2. The van der Waals surface area contributed by atoms with Gasteiger partial charge in [0.1, 0.15) is 0 Å². The van der Waals surface area contributed by atoms with Crippen molar-refractivity contribution in [3.8, 4) is 0 Å². The topological polar surface area (TPSA) is 38.0 Å². The minimum atomic E-state index is -0.329. The Bertz CT molecular complexity index is 230. The van der Waals surface area contributed by atoms with Gasteiger partial charge in [-0.25, -0.2) is 4.98 Å².